The molecule has 0 bridgehead atoms. The maximum atomic E-state index is 2.41. The predicted molar refractivity (Wildman–Crippen MR) is 272 cm³/mol. The number of benzene rings is 11. The second-order valence-electron chi connectivity index (χ2n) is 16.5. The smallest absolute Gasteiger partial charge is 0.0541 e. The topological polar surface area (TPSA) is 8.17 Å². The van der Waals surface area contributed by atoms with Crippen molar-refractivity contribution in [1.82, 2.24) is 4.57 Å². The van der Waals surface area contributed by atoms with Gasteiger partial charge >= 0.3 is 0 Å². The molecule has 12 aromatic rings. The van der Waals surface area contributed by atoms with Crippen molar-refractivity contribution < 1.29 is 0 Å². The Morgan fingerprint density at radius 2 is 0.688 bits per heavy atom. The molecule has 1 heterocycles. The highest BCUT2D eigenvalue weighted by atomic mass is 15.1. The van der Waals surface area contributed by atoms with Crippen LogP contribution in [0.5, 0.6) is 0 Å². The third kappa shape index (κ3) is 6.61. The number of nitrogens with zero attached hydrogens (tertiary/aromatic N) is 2. The van der Waals surface area contributed by atoms with Gasteiger partial charge in [0.05, 0.1) is 22.4 Å². The lowest BCUT2D eigenvalue weighted by Gasteiger charge is -2.27. The van der Waals surface area contributed by atoms with Crippen LogP contribution in [0.4, 0.5) is 17.1 Å². The SMILES string of the molecule is c1ccc(-n2c3ccccc3c3ccccc32)c(-c2ccc(-c3ccc(N(c4ccc(-c5ccc(-c6ccc7ccccc7c6)cc5)cc4)c4cccc5ccccc45)cc3)cc2)c1. The lowest BCUT2D eigenvalue weighted by molar-refractivity contribution is 1.18. The highest BCUT2D eigenvalue weighted by Gasteiger charge is 2.18. The number of hydrogen-bond acceptors (Lipinski definition) is 1. The van der Waals surface area contributed by atoms with Crippen LogP contribution in [0.3, 0.4) is 0 Å². The minimum absolute atomic E-state index is 1.10. The van der Waals surface area contributed by atoms with E-state index in [9.17, 15) is 0 Å². The molecule has 11 aromatic carbocycles. The van der Waals surface area contributed by atoms with E-state index in [4.69, 9.17) is 0 Å². The van der Waals surface area contributed by atoms with Gasteiger partial charge in [-0.15, -0.1) is 0 Å². The van der Waals surface area contributed by atoms with E-state index in [-0.39, 0.29) is 0 Å². The quantitative estimate of drug-likeness (QED) is 0.148. The molecule has 2 nitrogen and oxygen atoms in total. The van der Waals surface area contributed by atoms with Gasteiger partial charge in [-0.2, -0.15) is 0 Å². The summed E-state index contributed by atoms with van der Waals surface area (Å²) < 4.78 is 2.41. The van der Waals surface area contributed by atoms with E-state index in [2.05, 4.69) is 264 Å². The molecule has 64 heavy (non-hydrogen) atoms. The Labute approximate surface area is 373 Å². The Hall–Kier alpha value is -8.46. The molecule has 300 valence electrons. The van der Waals surface area contributed by atoms with E-state index in [1.807, 2.05) is 0 Å². The van der Waals surface area contributed by atoms with Crippen molar-refractivity contribution >= 4 is 60.4 Å². The molecule has 0 unspecified atom stereocenters. The lowest BCUT2D eigenvalue weighted by Crippen LogP contribution is -2.10. The van der Waals surface area contributed by atoms with Gasteiger partial charge in [-0.1, -0.05) is 200 Å². The molecule has 12 rings (SSSR count). The van der Waals surface area contributed by atoms with Gasteiger partial charge in [-0.3, -0.25) is 0 Å². The normalized spacial score (nSPS) is 11.4. The summed E-state index contributed by atoms with van der Waals surface area (Å²) in [6.07, 6.45) is 0. The average molecular weight is 815 g/mol. The first-order valence-electron chi connectivity index (χ1n) is 22.0. The van der Waals surface area contributed by atoms with Crippen LogP contribution in [-0.4, -0.2) is 4.57 Å². The second-order valence-corrected chi connectivity index (χ2v) is 16.5. The Kier molecular flexibility index (Phi) is 9.20. The van der Waals surface area contributed by atoms with E-state index >= 15 is 0 Å². The zero-order chi connectivity index (χ0) is 42.4. The summed E-state index contributed by atoms with van der Waals surface area (Å²) in [6.45, 7) is 0. The van der Waals surface area contributed by atoms with Crippen LogP contribution < -0.4 is 4.90 Å². The largest absolute Gasteiger partial charge is 0.310 e. The molecule has 0 N–H and O–H groups in total. The molecule has 0 aliphatic carbocycles. The molecular weight excluding hydrogens is 773 g/mol. The number of rotatable bonds is 8. The zero-order valence-electron chi connectivity index (χ0n) is 35.1. The number of aromatic nitrogens is 1. The fraction of sp³-hybridized carbons (Fsp3) is 0. The molecule has 0 aliphatic heterocycles. The minimum atomic E-state index is 1.10. The summed E-state index contributed by atoms with van der Waals surface area (Å²) >= 11 is 0. The molecule has 0 aliphatic rings. The van der Waals surface area contributed by atoms with E-state index in [1.165, 1.54) is 93.5 Å². The highest BCUT2D eigenvalue weighted by molar-refractivity contribution is 6.10. The van der Waals surface area contributed by atoms with Gasteiger partial charge in [-0.25, -0.2) is 0 Å². The highest BCUT2D eigenvalue weighted by Crippen LogP contribution is 2.41. The van der Waals surface area contributed by atoms with Crippen LogP contribution in [0.25, 0.3) is 93.5 Å². The van der Waals surface area contributed by atoms with Crippen molar-refractivity contribution in [2.24, 2.45) is 0 Å². The molecule has 1 aromatic heterocycles. The molecule has 0 saturated carbocycles. The van der Waals surface area contributed by atoms with Crippen LogP contribution in [0.15, 0.2) is 255 Å². The predicted octanol–water partition coefficient (Wildman–Crippen LogP) is 17.2. The monoisotopic (exact) mass is 814 g/mol. The number of para-hydroxylation sites is 3. The first-order chi connectivity index (χ1) is 31.7. The molecule has 0 saturated heterocycles. The van der Waals surface area contributed by atoms with Crippen molar-refractivity contribution in [3.05, 3.63) is 255 Å². The van der Waals surface area contributed by atoms with Crippen LogP contribution >= 0.6 is 0 Å². The van der Waals surface area contributed by atoms with Crippen LogP contribution in [-0.2, 0) is 0 Å². The van der Waals surface area contributed by atoms with Crippen molar-refractivity contribution in [3.8, 4) is 50.2 Å². The summed E-state index contributed by atoms with van der Waals surface area (Å²) in [5, 5.41) is 7.47. The Balaban J connectivity index is 0.857. The second kappa shape index (κ2) is 15.8. The molecule has 2 heteroatoms. The summed E-state index contributed by atoms with van der Waals surface area (Å²) in [6, 6.07) is 92.6. The Morgan fingerprint density at radius 1 is 0.266 bits per heavy atom. The van der Waals surface area contributed by atoms with Gasteiger partial charge in [0.15, 0.2) is 0 Å². The van der Waals surface area contributed by atoms with E-state index < -0.39 is 0 Å². The Morgan fingerprint density at radius 3 is 1.30 bits per heavy atom. The van der Waals surface area contributed by atoms with Crippen molar-refractivity contribution in [3.63, 3.8) is 0 Å². The maximum absolute atomic E-state index is 2.41. The number of anilines is 3. The van der Waals surface area contributed by atoms with E-state index in [1.54, 1.807) is 0 Å². The van der Waals surface area contributed by atoms with Gasteiger partial charge in [0.2, 0.25) is 0 Å². The van der Waals surface area contributed by atoms with Crippen LogP contribution in [0.2, 0.25) is 0 Å². The average Bonchev–Trinajstić information content (AvgIpc) is 3.71. The molecular formula is C62H42N2. The molecule has 0 fully saturated rings. The maximum Gasteiger partial charge on any atom is 0.0541 e. The molecule has 0 radical (unpaired) electrons. The van der Waals surface area contributed by atoms with Crippen molar-refractivity contribution in [2.45, 2.75) is 0 Å². The summed E-state index contributed by atoms with van der Waals surface area (Å²) in [4.78, 5) is 2.38. The third-order valence-corrected chi connectivity index (χ3v) is 12.8. The zero-order valence-corrected chi connectivity index (χ0v) is 35.1. The van der Waals surface area contributed by atoms with Crippen LogP contribution in [0, 0.1) is 0 Å². The summed E-state index contributed by atoms with van der Waals surface area (Å²) in [7, 11) is 0. The van der Waals surface area contributed by atoms with E-state index in [0.717, 1.165) is 17.1 Å². The van der Waals surface area contributed by atoms with Gasteiger partial charge < -0.3 is 9.47 Å². The van der Waals surface area contributed by atoms with Crippen LogP contribution in [0.1, 0.15) is 0 Å². The van der Waals surface area contributed by atoms with Gasteiger partial charge in [0.25, 0.3) is 0 Å². The standard InChI is InChI=1S/C62H42N2/c1-2-14-51-42-52(33-30-43(51)12-1)48-26-24-44(25-27-48)46-34-38-53(39-35-46)63(59-23-11-15-49-13-3-4-16-55(49)59)54-40-36-47(37-41-54)45-28-31-50(32-29-45)56-17-5-8-20-60(56)64-61-21-9-6-18-57(61)58-19-7-10-22-62(58)64/h1-42H. The first-order valence-corrected chi connectivity index (χ1v) is 22.0. The van der Waals surface area contributed by atoms with Gasteiger partial charge in [-0.05, 0) is 110 Å². The Bertz CT molecular complexity index is 3580. The number of fused-ring (bicyclic) bond motifs is 5. The fourth-order valence-corrected chi connectivity index (χ4v) is 9.60. The van der Waals surface area contributed by atoms with Gasteiger partial charge in [0, 0.05) is 33.1 Å². The fourth-order valence-electron chi connectivity index (χ4n) is 9.60. The lowest BCUT2D eigenvalue weighted by atomic mass is 9.98. The summed E-state index contributed by atoms with van der Waals surface area (Å²) in [5.74, 6) is 0. The minimum Gasteiger partial charge on any atom is -0.310 e. The van der Waals surface area contributed by atoms with E-state index in [0.29, 0.717) is 0 Å². The molecule has 0 atom stereocenters. The van der Waals surface area contributed by atoms with Gasteiger partial charge in [0.1, 0.15) is 0 Å². The first kappa shape index (κ1) is 37.3. The number of hydrogen-bond donors (Lipinski definition) is 0. The summed E-state index contributed by atoms with van der Waals surface area (Å²) in [5.41, 5.74) is 16.5. The van der Waals surface area contributed by atoms with Crippen molar-refractivity contribution in [2.75, 3.05) is 4.90 Å². The third-order valence-electron chi connectivity index (χ3n) is 12.8. The molecule has 0 spiro atoms. The van der Waals surface area contributed by atoms with Crippen molar-refractivity contribution in [1.29, 1.82) is 0 Å². The molecule has 0 amide bonds.